The highest BCUT2D eigenvalue weighted by molar-refractivity contribution is 5.80. The van der Waals surface area contributed by atoms with Crippen LogP contribution in [0.15, 0.2) is 0 Å². The van der Waals surface area contributed by atoms with Gasteiger partial charge in [0, 0.05) is 6.54 Å². The topological polar surface area (TPSA) is 75.4 Å². The minimum absolute atomic E-state index is 0.0657. The summed E-state index contributed by atoms with van der Waals surface area (Å²) in [5, 5.41) is 2.62. The van der Waals surface area contributed by atoms with Gasteiger partial charge in [0.15, 0.2) is 0 Å². The Balaban J connectivity index is 2.14. The average molecular weight is 213 g/mol. The third kappa shape index (κ3) is 3.87. The van der Waals surface area contributed by atoms with E-state index < -0.39 is 0 Å². The van der Waals surface area contributed by atoms with Crippen LogP contribution in [0.25, 0.3) is 0 Å². The van der Waals surface area contributed by atoms with Crippen LogP contribution in [0.2, 0.25) is 0 Å². The molecule has 2 amide bonds. The quantitative estimate of drug-likeness (QED) is 0.440. The molecule has 1 heterocycles. The summed E-state index contributed by atoms with van der Waals surface area (Å²) in [5.41, 5.74) is 5.30. The molecule has 0 aromatic heterocycles. The first-order valence-corrected chi connectivity index (χ1v) is 5.46. The van der Waals surface area contributed by atoms with Crippen LogP contribution in [0.5, 0.6) is 0 Å². The van der Waals surface area contributed by atoms with Crippen LogP contribution >= 0.6 is 0 Å². The first-order chi connectivity index (χ1) is 7.25. The molecule has 1 saturated heterocycles. The second kappa shape index (κ2) is 6.40. The van der Waals surface area contributed by atoms with Gasteiger partial charge < -0.3 is 11.1 Å². The molecule has 5 nitrogen and oxygen atoms in total. The number of hydrogen-bond donors (Lipinski definition) is 2. The Morgan fingerprint density at radius 1 is 1.53 bits per heavy atom. The van der Waals surface area contributed by atoms with Crippen molar-refractivity contribution in [2.75, 3.05) is 19.6 Å². The predicted molar refractivity (Wildman–Crippen MR) is 57.1 cm³/mol. The Morgan fingerprint density at radius 3 is 3.00 bits per heavy atom. The number of rotatable bonds is 7. The summed E-state index contributed by atoms with van der Waals surface area (Å²) >= 11 is 0. The smallest absolute Gasteiger partial charge is 0.234 e. The summed E-state index contributed by atoms with van der Waals surface area (Å²) < 4.78 is 0. The summed E-state index contributed by atoms with van der Waals surface area (Å²) in [6.07, 6.45) is 4.59. The maximum Gasteiger partial charge on any atom is 0.234 e. The number of hydrogen-bond acceptors (Lipinski definition) is 3. The number of primary amides is 1. The van der Waals surface area contributed by atoms with Gasteiger partial charge in [0.2, 0.25) is 12.3 Å². The number of carbonyl (C=O) groups is 2. The van der Waals surface area contributed by atoms with Crippen molar-refractivity contribution in [3.05, 3.63) is 0 Å². The van der Waals surface area contributed by atoms with E-state index in [-0.39, 0.29) is 11.9 Å². The highest BCUT2D eigenvalue weighted by atomic mass is 16.1. The van der Waals surface area contributed by atoms with E-state index in [1.54, 1.807) is 0 Å². The minimum Gasteiger partial charge on any atom is -0.368 e. The average Bonchev–Trinajstić information content (AvgIpc) is 2.66. The van der Waals surface area contributed by atoms with Crippen LogP contribution in [0, 0.1) is 0 Å². The maximum absolute atomic E-state index is 11.1. The van der Waals surface area contributed by atoms with Gasteiger partial charge >= 0.3 is 0 Å². The highest BCUT2D eigenvalue weighted by Crippen LogP contribution is 2.16. The molecule has 1 unspecified atom stereocenters. The van der Waals surface area contributed by atoms with Crippen LogP contribution in [-0.2, 0) is 9.59 Å². The molecule has 0 aliphatic carbocycles. The molecule has 0 saturated carbocycles. The number of unbranched alkanes of at least 4 members (excludes halogenated alkanes) is 1. The Bertz CT molecular complexity index is 221. The largest absolute Gasteiger partial charge is 0.368 e. The molecule has 86 valence electrons. The lowest BCUT2D eigenvalue weighted by Crippen LogP contribution is -2.40. The molecule has 0 aromatic rings. The van der Waals surface area contributed by atoms with Gasteiger partial charge in [-0.1, -0.05) is 0 Å². The van der Waals surface area contributed by atoms with Crippen molar-refractivity contribution >= 4 is 12.3 Å². The van der Waals surface area contributed by atoms with Crippen LogP contribution in [0.1, 0.15) is 25.7 Å². The van der Waals surface area contributed by atoms with Crippen molar-refractivity contribution in [2.45, 2.75) is 31.7 Å². The van der Waals surface area contributed by atoms with Gasteiger partial charge in [0.1, 0.15) is 0 Å². The van der Waals surface area contributed by atoms with E-state index in [0.717, 1.165) is 38.8 Å². The molecule has 15 heavy (non-hydrogen) atoms. The third-order valence-electron chi connectivity index (χ3n) is 2.79. The van der Waals surface area contributed by atoms with E-state index in [1.807, 2.05) is 0 Å². The van der Waals surface area contributed by atoms with Crippen LogP contribution < -0.4 is 11.1 Å². The fourth-order valence-corrected chi connectivity index (χ4v) is 2.02. The van der Waals surface area contributed by atoms with Gasteiger partial charge in [-0.25, -0.2) is 0 Å². The van der Waals surface area contributed by atoms with E-state index in [2.05, 4.69) is 10.2 Å². The van der Waals surface area contributed by atoms with Crippen molar-refractivity contribution < 1.29 is 9.59 Å². The maximum atomic E-state index is 11.1. The SMILES string of the molecule is NC(=O)C1CCCN1CCCCNC=O. The molecule has 3 N–H and O–H groups in total. The van der Waals surface area contributed by atoms with Gasteiger partial charge in [-0.2, -0.15) is 0 Å². The van der Waals surface area contributed by atoms with Gasteiger partial charge in [-0.3, -0.25) is 14.5 Å². The van der Waals surface area contributed by atoms with Crippen molar-refractivity contribution in [1.82, 2.24) is 10.2 Å². The summed E-state index contributed by atoms with van der Waals surface area (Å²) in [6.45, 7) is 2.57. The highest BCUT2D eigenvalue weighted by Gasteiger charge is 2.27. The van der Waals surface area contributed by atoms with E-state index in [0.29, 0.717) is 13.0 Å². The lowest BCUT2D eigenvalue weighted by molar-refractivity contribution is -0.122. The Kier molecular flexibility index (Phi) is 5.10. The molecule has 0 bridgehead atoms. The second-order valence-corrected chi connectivity index (χ2v) is 3.88. The van der Waals surface area contributed by atoms with E-state index in [9.17, 15) is 9.59 Å². The standard InChI is InChI=1S/C10H19N3O2/c11-10(15)9-4-3-7-13(9)6-2-1-5-12-8-14/h8-9H,1-7H2,(H2,11,15)(H,12,14). The van der Waals surface area contributed by atoms with Crippen molar-refractivity contribution in [2.24, 2.45) is 5.73 Å². The number of amides is 2. The molecule has 0 spiro atoms. The summed E-state index contributed by atoms with van der Waals surface area (Å²) in [5.74, 6) is -0.210. The molecule has 1 fully saturated rings. The molecule has 5 heteroatoms. The monoisotopic (exact) mass is 213 g/mol. The number of nitrogens with two attached hydrogens (primary N) is 1. The molecule has 0 radical (unpaired) electrons. The lowest BCUT2D eigenvalue weighted by atomic mass is 10.2. The normalized spacial score (nSPS) is 21.5. The summed E-state index contributed by atoms with van der Waals surface area (Å²) in [4.78, 5) is 23.2. The molecular formula is C10H19N3O2. The van der Waals surface area contributed by atoms with E-state index in [4.69, 9.17) is 5.73 Å². The fraction of sp³-hybridized carbons (Fsp3) is 0.800. The summed E-state index contributed by atoms with van der Waals surface area (Å²) in [6, 6.07) is -0.0657. The van der Waals surface area contributed by atoms with E-state index in [1.165, 1.54) is 0 Å². The van der Waals surface area contributed by atoms with Crippen LogP contribution in [-0.4, -0.2) is 42.9 Å². The second-order valence-electron chi connectivity index (χ2n) is 3.88. The molecule has 0 aromatic carbocycles. The molecule has 1 aliphatic heterocycles. The predicted octanol–water partition coefficient (Wildman–Crippen LogP) is -0.538. The van der Waals surface area contributed by atoms with Crippen LogP contribution in [0.4, 0.5) is 0 Å². The Hall–Kier alpha value is -1.10. The zero-order valence-electron chi connectivity index (χ0n) is 8.95. The third-order valence-corrected chi connectivity index (χ3v) is 2.79. The fourth-order valence-electron chi connectivity index (χ4n) is 2.02. The molecule has 1 rings (SSSR count). The zero-order chi connectivity index (χ0) is 11.1. The van der Waals surface area contributed by atoms with E-state index >= 15 is 0 Å². The van der Waals surface area contributed by atoms with Crippen LogP contribution in [0.3, 0.4) is 0 Å². The number of likely N-dealkylation sites (tertiary alicyclic amines) is 1. The van der Waals surface area contributed by atoms with Gasteiger partial charge in [-0.15, -0.1) is 0 Å². The first kappa shape index (κ1) is 12.0. The van der Waals surface area contributed by atoms with Gasteiger partial charge in [0.25, 0.3) is 0 Å². The number of nitrogens with zero attached hydrogens (tertiary/aromatic N) is 1. The van der Waals surface area contributed by atoms with Crippen molar-refractivity contribution in [3.8, 4) is 0 Å². The Morgan fingerprint density at radius 2 is 2.33 bits per heavy atom. The lowest BCUT2D eigenvalue weighted by Gasteiger charge is -2.21. The summed E-state index contributed by atoms with van der Waals surface area (Å²) in [7, 11) is 0. The first-order valence-electron chi connectivity index (χ1n) is 5.46. The van der Waals surface area contributed by atoms with Crippen molar-refractivity contribution in [1.29, 1.82) is 0 Å². The minimum atomic E-state index is -0.210. The molecule has 1 atom stereocenters. The van der Waals surface area contributed by atoms with Gasteiger partial charge in [-0.05, 0) is 38.8 Å². The number of nitrogens with one attached hydrogen (secondary N) is 1. The molecular weight excluding hydrogens is 194 g/mol. The molecule has 1 aliphatic rings. The zero-order valence-corrected chi connectivity index (χ0v) is 8.95. The number of carbonyl (C=O) groups excluding carboxylic acids is 2. The Labute approximate surface area is 90.0 Å². The van der Waals surface area contributed by atoms with Gasteiger partial charge in [0.05, 0.1) is 6.04 Å². The van der Waals surface area contributed by atoms with Crippen molar-refractivity contribution in [3.63, 3.8) is 0 Å².